The Balaban J connectivity index is 0. The minimum Gasteiger partial charge on any atom is -0.326 e. The van der Waals surface area contributed by atoms with Gasteiger partial charge in [-0.15, -0.1) is 23.3 Å². The maximum absolute atomic E-state index is 8.74. The average Bonchev–Trinajstić information content (AvgIpc) is 2.10. The van der Waals surface area contributed by atoms with E-state index in [1.54, 1.807) is 12.4 Å². The first-order valence-corrected chi connectivity index (χ1v) is 5.47. The molecule has 5 nitrogen and oxygen atoms in total. The van der Waals surface area contributed by atoms with Gasteiger partial charge in [-0.2, -0.15) is 10.2 Å². The second-order valence-corrected chi connectivity index (χ2v) is 1.76. The third kappa shape index (κ3) is 22.5. The van der Waals surface area contributed by atoms with Gasteiger partial charge in [0.15, 0.2) is 0 Å². The molecule has 0 spiro atoms. The lowest BCUT2D eigenvalue weighted by Crippen LogP contribution is -1.69. The summed E-state index contributed by atoms with van der Waals surface area (Å²) in [6.07, 6.45) is 3.28. The van der Waals surface area contributed by atoms with Crippen LogP contribution in [0.3, 0.4) is 0 Å². The van der Waals surface area contributed by atoms with Gasteiger partial charge in [-0.05, 0) is 12.1 Å². The van der Waals surface area contributed by atoms with Crippen molar-refractivity contribution in [2.75, 3.05) is 0 Å². The van der Waals surface area contributed by atoms with Crippen molar-refractivity contribution < 1.29 is 14.4 Å². The van der Waals surface area contributed by atoms with Crippen LogP contribution in [-0.2, 0) is 4.57 Å². The summed E-state index contributed by atoms with van der Waals surface area (Å²) in [5, 5.41) is 7.07. The Bertz CT molecular complexity index is 158. The second-order valence-electron chi connectivity index (χ2n) is 1.20. The fourth-order valence-electron chi connectivity index (χ4n) is 0.253. The van der Waals surface area contributed by atoms with Crippen LogP contribution in [0.15, 0.2) is 24.5 Å². The molecule has 1 aromatic rings. The van der Waals surface area contributed by atoms with Crippen LogP contribution in [0, 0.1) is 0 Å². The lowest BCUT2D eigenvalue weighted by molar-refractivity contribution is 0.405. The molecular formula is C4H9N2O3PS2. The molecule has 70 valence electrons. The van der Waals surface area contributed by atoms with Gasteiger partial charge in [0.05, 0.1) is 0 Å². The first kappa shape index (κ1) is 14.5. The highest BCUT2D eigenvalue weighted by atomic mass is 33.1. The Hall–Kier alpha value is -0.0700. The number of rotatable bonds is 0. The summed E-state index contributed by atoms with van der Waals surface area (Å²) >= 11 is 6.44. The summed E-state index contributed by atoms with van der Waals surface area (Å²) < 4.78 is 8.74. The molecule has 0 aliphatic carbocycles. The van der Waals surface area contributed by atoms with Crippen LogP contribution < -0.4 is 0 Å². The standard InChI is InChI=1S/C4H4N2.H3O3P.H2S2/c1-2-4-6-5-3-1;1-4(2)3;1-2/h1-4H;4H,(H2,1,2,3);1-2H. The van der Waals surface area contributed by atoms with Gasteiger partial charge >= 0.3 is 8.25 Å². The van der Waals surface area contributed by atoms with Crippen LogP contribution in [0.5, 0.6) is 0 Å². The van der Waals surface area contributed by atoms with Gasteiger partial charge in [-0.1, -0.05) is 0 Å². The molecule has 12 heavy (non-hydrogen) atoms. The zero-order valence-electron chi connectivity index (χ0n) is 5.90. The molecule has 0 fully saturated rings. The van der Waals surface area contributed by atoms with E-state index >= 15 is 0 Å². The Morgan fingerprint density at radius 3 is 1.42 bits per heavy atom. The molecule has 1 aromatic heterocycles. The van der Waals surface area contributed by atoms with Crippen molar-refractivity contribution in [2.24, 2.45) is 0 Å². The molecule has 2 N–H and O–H groups in total. The van der Waals surface area contributed by atoms with Crippen molar-refractivity contribution in [3.63, 3.8) is 0 Å². The summed E-state index contributed by atoms with van der Waals surface area (Å²) in [4.78, 5) is 14.3. The fraction of sp³-hybridized carbons (Fsp3) is 0. The largest absolute Gasteiger partial charge is 0.326 e. The van der Waals surface area contributed by atoms with Crippen LogP contribution in [0.25, 0.3) is 0 Å². The van der Waals surface area contributed by atoms with Gasteiger partial charge < -0.3 is 9.79 Å². The number of aromatic nitrogens is 2. The highest BCUT2D eigenvalue weighted by Gasteiger charge is 1.61. The minimum absolute atomic E-state index is 1.64. The number of hydrogen-bond acceptors (Lipinski definition) is 5. The van der Waals surface area contributed by atoms with Crippen molar-refractivity contribution >= 4 is 31.6 Å². The van der Waals surface area contributed by atoms with Gasteiger partial charge in [0.2, 0.25) is 0 Å². The molecule has 8 heteroatoms. The molecule has 0 amide bonds. The Morgan fingerprint density at radius 2 is 1.33 bits per heavy atom. The Kier molecular flexibility index (Phi) is 16.3. The van der Waals surface area contributed by atoms with E-state index in [9.17, 15) is 0 Å². The molecule has 0 unspecified atom stereocenters. The lowest BCUT2D eigenvalue weighted by atomic mass is 10.6. The smallest absolute Gasteiger partial charge is 0.314 e. The summed E-state index contributed by atoms with van der Waals surface area (Å²) in [5.41, 5.74) is 0. The van der Waals surface area contributed by atoms with E-state index in [0.29, 0.717) is 0 Å². The van der Waals surface area contributed by atoms with E-state index in [-0.39, 0.29) is 0 Å². The van der Waals surface area contributed by atoms with Crippen molar-refractivity contribution in [1.82, 2.24) is 10.2 Å². The molecule has 0 bridgehead atoms. The topological polar surface area (TPSA) is 83.3 Å². The van der Waals surface area contributed by atoms with Crippen molar-refractivity contribution in [1.29, 1.82) is 0 Å². The maximum Gasteiger partial charge on any atom is 0.314 e. The second kappa shape index (κ2) is 13.5. The van der Waals surface area contributed by atoms with Gasteiger partial charge in [0, 0.05) is 12.4 Å². The minimum atomic E-state index is -3.13. The zero-order valence-corrected chi connectivity index (χ0v) is 8.69. The third-order valence-electron chi connectivity index (χ3n) is 0.483. The van der Waals surface area contributed by atoms with E-state index in [4.69, 9.17) is 14.4 Å². The molecule has 0 aromatic carbocycles. The maximum atomic E-state index is 8.74. The molecular weight excluding hydrogens is 219 g/mol. The average molecular weight is 228 g/mol. The molecule has 0 aliphatic heterocycles. The zero-order chi connectivity index (χ0) is 9.82. The van der Waals surface area contributed by atoms with E-state index in [1.165, 1.54) is 0 Å². The molecule has 0 aliphatic rings. The quantitative estimate of drug-likeness (QED) is 0.297. The fourth-order valence-corrected chi connectivity index (χ4v) is 0.253. The number of hydrogen-bond donors (Lipinski definition) is 4. The molecule has 1 rings (SSSR count). The van der Waals surface area contributed by atoms with Crippen LogP contribution in [-0.4, -0.2) is 20.0 Å². The van der Waals surface area contributed by atoms with Crippen molar-refractivity contribution in [3.05, 3.63) is 24.5 Å². The SMILES string of the molecule is O=[PH](O)O.SS.c1ccnnc1. The number of nitrogens with zero attached hydrogens (tertiary/aromatic N) is 2. The lowest BCUT2D eigenvalue weighted by Gasteiger charge is -1.69. The van der Waals surface area contributed by atoms with E-state index in [1.807, 2.05) is 12.1 Å². The van der Waals surface area contributed by atoms with Crippen LogP contribution in [0.4, 0.5) is 0 Å². The van der Waals surface area contributed by atoms with Crippen LogP contribution in [0.1, 0.15) is 0 Å². The van der Waals surface area contributed by atoms with Crippen molar-refractivity contribution in [2.45, 2.75) is 0 Å². The van der Waals surface area contributed by atoms with E-state index in [2.05, 4.69) is 33.5 Å². The van der Waals surface area contributed by atoms with Gasteiger partial charge in [0.1, 0.15) is 0 Å². The first-order chi connectivity index (χ1) is 5.73. The molecule has 0 saturated carbocycles. The third-order valence-corrected chi connectivity index (χ3v) is 0.483. The monoisotopic (exact) mass is 228 g/mol. The first-order valence-electron chi connectivity index (χ1n) is 2.57. The highest BCUT2D eigenvalue weighted by molar-refractivity contribution is 8.59. The molecule has 1 heterocycles. The highest BCUT2D eigenvalue weighted by Crippen LogP contribution is 1.98. The molecule has 0 atom stereocenters. The van der Waals surface area contributed by atoms with Gasteiger partial charge in [-0.3, -0.25) is 4.57 Å². The van der Waals surface area contributed by atoms with E-state index in [0.717, 1.165) is 0 Å². The summed E-state index contributed by atoms with van der Waals surface area (Å²) in [7, 11) is -3.13. The summed E-state index contributed by atoms with van der Waals surface area (Å²) in [5.74, 6) is 0. The van der Waals surface area contributed by atoms with Gasteiger partial charge in [0.25, 0.3) is 0 Å². The molecule has 0 saturated heterocycles. The van der Waals surface area contributed by atoms with Gasteiger partial charge in [-0.25, -0.2) is 0 Å². The summed E-state index contributed by atoms with van der Waals surface area (Å²) in [6, 6.07) is 3.65. The summed E-state index contributed by atoms with van der Waals surface area (Å²) in [6.45, 7) is 0. The Morgan fingerprint density at radius 1 is 1.08 bits per heavy atom. The van der Waals surface area contributed by atoms with E-state index < -0.39 is 8.25 Å². The van der Waals surface area contributed by atoms with Crippen molar-refractivity contribution in [3.8, 4) is 0 Å². The number of thiol groups is 2. The predicted molar refractivity (Wildman–Crippen MR) is 53.4 cm³/mol. The van der Waals surface area contributed by atoms with Crippen LogP contribution in [0.2, 0.25) is 0 Å². The normalized spacial score (nSPS) is 7.42. The van der Waals surface area contributed by atoms with Crippen LogP contribution >= 0.6 is 31.6 Å². The predicted octanol–water partition coefficient (Wildman–Crippen LogP) is 0.598. The molecule has 0 radical (unpaired) electrons. The Labute approximate surface area is 81.0 Å².